The molecule has 0 saturated carbocycles. The maximum Gasteiger partial charge on any atom is 0.121 e. The zero-order chi connectivity index (χ0) is 13.4. The molecule has 1 aromatic heterocycles. The molecular formula is C16H29NO. The smallest absolute Gasteiger partial charge is 0.121 e. The minimum absolute atomic E-state index is 0.372. The van der Waals surface area contributed by atoms with E-state index in [4.69, 9.17) is 4.42 Å². The van der Waals surface area contributed by atoms with Gasteiger partial charge in [-0.15, -0.1) is 0 Å². The lowest BCUT2D eigenvalue weighted by atomic mass is 9.94. The molecule has 0 saturated heterocycles. The van der Waals surface area contributed by atoms with Crippen molar-refractivity contribution in [2.45, 2.75) is 65.8 Å². The van der Waals surface area contributed by atoms with Crippen LogP contribution in [-0.4, -0.2) is 6.54 Å². The van der Waals surface area contributed by atoms with E-state index in [1.807, 2.05) is 0 Å². The van der Waals surface area contributed by atoms with Crippen LogP contribution < -0.4 is 5.32 Å². The summed E-state index contributed by atoms with van der Waals surface area (Å²) in [6, 6.07) is 4.63. The van der Waals surface area contributed by atoms with Crippen molar-refractivity contribution in [3.63, 3.8) is 0 Å². The fourth-order valence-corrected chi connectivity index (χ4v) is 2.33. The Morgan fingerprint density at radius 1 is 1.17 bits per heavy atom. The van der Waals surface area contributed by atoms with Gasteiger partial charge in [-0.2, -0.15) is 0 Å². The molecule has 0 amide bonds. The SMILES string of the molecule is CCCCC(C)C(NCCC)c1ccc(CC)o1. The molecule has 0 radical (unpaired) electrons. The van der Waals surface area contributed by atoms with E-state index in [1.165, 1.54) is 25.7 Å². The number of hydrogen-bond donors (Lipinski definition) is 1. The van der Waals surface area contributed by atoms with Crippen LogP contribution in [0.1, 0.15) is 70.9 Å². The third-order valence-electron chi connectivity index (χ3n) is 3.53. The van der Waals surface area contributed by atoms with E-state index in [-0.39, 0.29) is 0 Å². The summed E-state index contributed by atoms with van der Waals surface area (Å²) < 4.78 is 5.93. The van der Waals surface area contributed by atoms with Crippen molar-refractivity contribution >= 4 is 0 Å². The van der Waals surface area contributed by atoms with Crippen LogP contribution in [0.2, 0.25) is 0 Å². The molecule has 2 nitrogen and oxygen atoms in total. The van der Waals surface area contributed by atoms with Crippen LogP contribution in [0.3, 0.4) is 0 Å². The van der Waals surface area contributed by atoms with Crippen molar-refractivity contribution in [1.82, 2.24) is 5.32 Å². The molecule has 0 aliphatic carbocycles. The Labute approximate surface area is 112 Å². The second-order valence-corrected chi connectivity index (χ2v) is 5.21. The highest BCUT2D eigenvalue weighted by molar-refractivity contribution is 5.11. The highest BCUT2D eigenvalue weighted by Gasteiger charge is 2.21. The van der Waals surface area contributed by atoms with Crippen LogP contribution in [0, 0.1) is 5.92 Å². The second kappa shape index (κ2) is 8.36. The summed E-state index contributed by atoms with van der Waals surface area (Å²) in [5.74, 6) is 2.84. The number of unbranched alkanes of at least 4 members (excludes halogenated alkanes) is 1. The van der Waals surface area contributed by atoms with E-state index < -0.39 is 0 Å². The molecule has 18 heavy (non-hydrogen) atoms. The lowest BCUT2D eigenvalue weighted by Crippen LogP contribution is -2.27. The van der Waals surface area contributed by atoms with E-state index in [9.17, 15) is 0 Å². The van der Waals surface area contributed by atoms with Crippen LogP contribution >= 0.6 is 0 Å². The molecule has 2 atom stereocenters. The van der Waals surface area contributed by atoms with Crippen LogP contribution in [0.5, 0.6) is 0 Å². The van der Waals surface area contributed by atoms with Gasteiger partial charge in [0.2, 0.25) is 0 Å². The van der Waals surface area contributed by atoms with E-state index in [0.29, 0.717) is 12.0 Å². The number of hydrogen-bond acceptors (Lipinski definition) is 2. The summed E-state index contributed by atoms with van der Waals surface area (Å²) in [6.45, 7) is 9.99. The molecule has 2 heteroatoms. The summed E-state index contributed by atoms with van der Waals surface area (Å²) in [4.78, 5) is 0. The zero-order valence-electron chi connectivity index (χ0n) is 12.5. The minimum Gasteiger partial charge on any atom is -0.464 e. The molecule has 0 spiro atoms. The Morgan fingerprint density at radius 2 is 1.94 bits per heavy atom. The van der Waals surface area contributed by atoms with Gasteiger partial charge in [-0.1, -0.05) is 40.5 Å². The quantitative estimate of drug-likeness (QED) is 0.687. The topological polar surface area (TPSA) is 25.2 Å². The number of aryl methyl sites for hydroxylation is 1. The predicted molar refractivity (Wildman–Crippen MR) is 77.8 cm³/mol. The normalized spacial score (nSPS) is 14.7. The molecule has 0 aliphatic heterocycles. The summed E-state index contributed by atoms with van der Waals surface area (Å²) in [7, 11) is 0. The van der Waals surface area contributed by atoms with Crippen molar-refractivity contribution in [3.8, 4) is 0 Å². The highest BCUT2D eigenvalue weighted by Crippen LogP contribution is 2.27. The summed E-state index contributed by atoms with van der Waals surface area (Å²) in [5.41, 5.74) is 0. The monoisotopic (exact) mass is 251 g/mol. The molecular weight excluding hydrogens is 222 g/mol. The van der Waals surface area contributed by atoms with E-state index in [1.54, 1.807) is 0 Å². The largest absolute Gasteiger partial charge is 0.464 e. The number of furan rings is 1. The first-order valence-electron chi connectivity index (χ1n) is 7.54. The van der Waals surface area contributed by atoms with Gasteiger partial charge in [-0.3, -0.25) is 0 Å². The van der Waals surface area contributed by atoms with Gasteiger partial charge in [-0.25, -0.2) is 0 Å². The van der Waals surface area contributed by atoms with Gasteiger partial charge in [0.25, 0.3) is 0 Å². The Kier molecular flexibility index (Phi) is 7.11. The van der Waals surface area contributed by atoms with Crippen LogP contribution in [0.4, 0.5) is 0 Å². The molecule has 0 fully saturated rings. The average molecular weight is 251 g/mol. The molecule has 1 N–H and O–H groups in total. The molecule has 1 aromatic rings. The standard InChI is InChI=1S/C16H29NO/c1-5-8-9-13(4)16(17-12-6-2)15-11-10-14(7-3)18-15/h10-11,13,16-17H,5-9,12H2,1-4H3. The van der Waals surface area contributed by atoms with E-state index in [0.717, 1.165) is 24.5 Å². The van der Waals surface area contributed by atoms with E-state index >= 15 is 0 Å². The van der Waals surface area contributed by atoms with Gasteiger partial charge in [0.05, 0.1) is 6.04 Å². The molecule has 0 aliphatic rings. The minimum atomic E-state index is 0.372. The summed E-state index contributed by atoms with van der Waals surface area (Å²) in [6.07, 6.45) is 5.97. The predicted octanol–water partition coefficient (Wildman–Crippen LogP) is 4.71. The van der Waals surface area contributed by atoms with Crippen molar-refractivity contribution in [2.75, 3.05) is 6.54 Å². The van der Waals surface area contributed by atoms with Gasteiger partial charge >= 0.3 is 0 Å². The number of rotatable bonds is 9. The van der Waals surface area contributed by atoms with Gasteiger partial charge in [-0.05, 0) is 37.4 Å². The zero-order valence-corrected chi connectivity index (χ0v) is 12.5. The van der Waals surface area contributed by atoms with Gasteiger partial charge in [0, 0.05) is 6.42 Å². The first kappa shape index (κ1) is 15.3. The molecule has 2 unspecified atom stereocenters. The fourth-order valence-electron chi connectivity index (χ4n) is 2.33. The summed E-state index contributed by atoms with van der Waals surface area (Å²) in [5, 5.41) is 3.64. The lowest BCUT2D eigenvalue weighted by Gasteiger charge is -2.23. The van der Waals surface area contributed by atoms with Crippen molar-refractivity contribution in [2.24, 2.45) is 5.92 Å². The second-order valence-electron chi connectivity index (χ2n) is 5.21. The molecule has 104 valence electrons. The Hall–Kier alpha value is -0.760. The first-order chi connectivity index (χ1) is 8.72. The van der Waals surface area contributed by atoms with Crippen molar-refractivity contribution in [3.05, 3.63) is 23.7 Å². The fraction of sp³-hybridized carbons (Fsp3) is 0.750. The first-order valence-corrected chi connectivity index (χ1v) is 7.54. The third kappa shape index (κ3) is 4.49. The molecule has 0 aromatic carbocycles. The maximum atomic E-state index is 5.93. The Balaban J connectivity index is 2.69. The molecule has 1 rings (SSSR count). The number of nitrogens with one attached hydrogen (secondary N) is 1. The van der Waals surface area contributed by atoms with Gasteiger partial charge in [0.1, 0.15) is 11.5 Å². The van der Waals surface area contributed by atoms with Crippen LogP contribution in [-0.2, 0) is 6.42 Å². The highest BCUT2D eigenvalue weighted by atomic mass is 16.3. The van der Waals surface area contributed by atoms with Crippen molar-refractivity contribution < 1.29 is 4.42 Å². The Bertz CT molecular complexity index is 319. The van der Waals surface area contributed by atoms with Gasteiger partial charge < -0.3 is 9.73 Å². The average Bonchev–Trinajstić information content (AvgIpc) is 2.85. The van der Waals surface area contributed by atoms with Crippen LogP contribution in [0.25, 0.3) is 0 Å². The third-order valence-corrected chi connectivity index (χ3v) is 3.53. The van der Waals surface area contributed by atoms with Gasteiger partial charge in [0.15, 0.2) is 0 Å². The van der Waals surface area contributed by atoms with E-state index in [2.05, 4.69) is 45.1 Å². The lowest BCUT2D eigenvalue weighted by molar-refractivity contribution is 0.301. The molecule has 0 bridgehead atoms. The maximum absolute atomic E-state index is 5.93. The Morgan fingerprint density at radius 3 is 2.50 bits per heavy atom. The van der Waals surface area contributed by atoms with Crippen LogP contribution in [0.15, 0.2) is 16.5 Å². The summed E-state index contributed by atoms with van der Waals surface area (Å²) >= 11 is 0. The molecule has 1 heterocycles. The van der Waals surface area contributed by atoms with Crippen molar-refractivity contribution in [1.29, 1.82) is 0 Å².